The van der Waals surface area contributed by atoms with E-state index in [1.165, 1.54) is 0 Å². The Morgan fingerprint density at radius 2 is 1.33 bits per heavy atom. The molecule has 1 aromatic heterocycles. The summed E-state index contributed by atoms with van der Waals surface area (Å²) in [6.07, 6.45) is 1.51. The molecule has 1 amide bonds. The molecule has 0 unspecified atom stereocenters. The van der Waals surface area contributed by atoms with E-state index in [1.54, 1.807) is 12.1 Å². The molecule has 2 saturated heterocycles. The summed E-state index contributed by atoms with van der Waals surface area (Å²) < 4.78 is 0. The number of nitrogens with zero attached hydrogens (tertiary/aromatic N) is 6. The lowest BCUT2D eigenvalue weighted by Gasteiger charge is -2.37. The highest BCUT2D eigenvalue weighted by Crippen LogP contribution is 2.24. The maximum absolute atomic E-state index is 12.6. The van der Waals surface area contributed by atoms with E-state index in [4.69, 9.17) is 37.9 Å². The van der Waals surface area contributed by atoms with E-state index in [1.807, 2.05) is 21.9 Å². The monoisotopic (exact) mass is 540 g/mol. The lowest BCUT2D eigenvalue weighted by Crippen LogP contribution is -2.54. The molecule has 2 aliphatic rings. The minimum atomic E-state index is -0.103. The standard InChI is InChI=1S/C26H44N12O/c1-3-36(4-2)10-9-31-23(39)17-5-7-22(8-6-17)32-24-33-25(37-13-18(27)11-19(28)14-37)35-26(34-24)38-15-20(29)12-21(30)16-38/h5-8,18-21H,3-4,9-16,27-30H2,1-2H3,(H,31,39)(H,32,33,34,35)/t18-,19+,20-,21+. The van der Waals surface area contributed by atoms with E-state index in [9.17, 15) is 4.79 Å². The number of carbonyl (C=O) groups excluding carboxylic acids is 1. The van der Waals surface area contributed by atoms with E-state index in [0.29, 0.717) is 56.1 Å². The van der Waals surface area contributed by atoms with Gasteiger partial charge in [0.05, 0.1) is 0 Å². The van der Waals surface area contributed by atoms with Crippen molar-refractivity contribution in [2.75, 3.05) is 67.5 Å². The fourth-order valence-electron chi connectivity index (χ4n) is 5.18. The minimum Gasteiger partial charge on any atom is -0.351 e. The number of hydrogen-bond donors (Lipinski definition) is 6. The summed E-state index contributed by atoms with van der Waals surface area (Å²) in [5.41, 5.74) is 26.3. The molecule has 10 N–H and O–H groups in total. The first-order valence-electron chi connectivity index (χ1n) is 13.9. The molecule has 2 aliphatic heterocycles. The van der Waals surface area contributed by atoms with Crippen molar-refractivity contribution in [2.45, 2.75) is 50.9 Å². The zero-order valence-corrected chi connectivity index (χ0v) is 23.1. The molecule has 2 aromatic rings. The summed E-state index contributed by atoms with van der Waals surface area (Å²) >= 11 is 0. The molecule has 0 spiro atoms. The molecule has 214 valence electrons. The Balaban J connectivity index is 1.50. The Morgan fingerprint density at radius 3 is 1.79 bits per heavy atom. The van der Waals surface area contributed by atoms with Crippen LogP contribution in [0.15, 0.2) is 24.3 Å². The molecule has 13 nitrogen and oxygen atoms in total. The molecule has 2 fully saturated rings. The molecule has 0 bridgehead atoms. The summed E-state index contributed by atoms with van der Waals surface area (Å²) in [7, 11) is 0. The van der Waals surface area contributed by atoms with E-state index in [2.05, 4.69) is 29.4 Å². The van der Waals surface area contributed by atoms with Crippen LogP contribution in [0.2, 0.25) is 0 Å². The van der Waals surface area contributed by atoms with E-state index < -0.39 is 0 Å². The number of piperidine rings is 2. The number of aromatic nitrogens is 3. The lowest BCUT2D eigenvalue weighted by molar-refractivity contribution is 0.0949. The summed E-state index contributed by atoms with van der Waals surface area (Å²) in [6.45, 7) is 9.99. The van der Waals surface area contributed by atoms with Crippen LogP contribution in [0.4, 0.5) is 23.5 Å². The Bertz CT molecular complexity index is 1010. The van der Waals surface area contributed by atoms with Crippen LogP contribution in [0.5, 0.6) is 0 Å². The van der Waals surface area contributed by atoms with Crippen LogP contribution in [0.1, 0.15) is 37.0 Å². The van der Waals surface area contributed by atoms with Crippen molar-refractivity contribution in [3.63, 3.8) is 0 Å². The fourth-order valence-corrected chi connectivity index (χ4v) is 5.18. The molecular formula is C26H44N12O. The third kappa shape index (κ3) is 7.96. The highest BCUT2D eigenvalue weighted by molar-refractivity contribution is 5.94. The van der Waals surface area contributed by atoms with E-state index >= 15 is 0 Å². The topological polar surface area (TPSA) is 194 Å². The van der Waals surface area contributed by atoms with Gasteiger partial charge < -0.3 is 48.3 Å². The number of hydrogen-bond acceptors (Lipinski definition) is 12. The highest BCUT2D eigenvalue weighted by Gasteiger charge is 2.28. The van der Waals surface area contributed by atoms with Crippen LogP contribution in [-0.4, -0.2) is 102 Å². The van der Waals surface area contributed by atoms with Gasteiger partial charge in [0.1, 0.15) is 0 Å². The summed E-state index contributed by atoms with van der Waals surface area (Å²) in [5, 5.41) is 6.25. The van der Waals surface area contributed by atoms with Gasteiger partial charge in [-0.1, -0.05) is 13.8 Å². The number of benzene rings is 1. The van der Waals surface area contributed by atoms with Gasteiger partial charge in [0.2, 0.25) is 17.8 Å². The van der Waals surface area contributed by atoms with Gasteiger partial charge in [0, 0.05) is 74.7 Å². The molecule has 0 aliphatic carbocycles. The lowest BCUT2D eigenvalue weighted by atomic mass is 10.0. The van der Waals surface area contributed by atoms with Crippen molar-refractivity contribution in [3.05, 3.63) is 29.8 Å². The molecule has 3 heterocycles. The van der Waals surface area contributed by atoms with Gasteiger partial charge in [-0.3, -0.25) is 4.79 Å². The van der Waals surface area contributed by atoms with Crippen LogP contribution in [0, 0.1) is 0 Å². The van der Waals surface area contributed by atoms with Crippen LogP contribution < -0.4 is 43.4 Å². The van der Waals surface area contributed by atoms with Crippen molar-refractivity contribution in [2.24, 2.45) is 22.9 Å². The highest BCUT2D eigenvalue weighted by atomic mass is 16.1. The number of nitrogens with one attached hydrogen (secondary N) is 2. The van der Waals surface area contributed by atoms with Gasteiger partial charge in [0.15, 0.2) is 0 Å². The molecule has 0 saturated carbocycles. The first-order valence-corrected chi connectivity index (χ1v) is 13.9. The number of rotatable bonds is 10. The summed E-state index contributed by atoms with van der Waals surface area (Å²) in [4.78, 5) is 33.0. The van der Waals surface area contributed by atoms with Gasteiger partial charge in [-0.2, -0.15) is 15.0 Å². The SMILES string of the molecule is CCN(CC)CCNC(=O)c1ccc(Nc2nc(N3C[C@H](N)C[C@H](N)C3)nc(N3C[C@H](N)C[C@H](N)C3)n2)cc1. The average Bonchev–Trinajstić information content (AvgIpc) is 2.90. The van der Waals surface area contributed by atoms with Crippen LogP contribution in [0.3, 0.4) is 0 Å². The zero-order chi connectivity index (χ0) is 27.9. The number of likely N-dealkylation sites (N-methyl/N-ethyl adjacent to an activating group) is 1. The first kappa shape index (κ1) is 28.9. The summed E-state index contributed by atoms with van der Waals surface area (Å²) in [5.74, 6) is 1.29. The van der Waals surface area contributed by atoms with Crippen LogP contribution in [-0.2, 0) is 0 Å². The van der Waals surface area contributed by atoms with E-state index in [0.717, 1.165) is 38.2 Å². The average molecular weight is 541 g/mol. The fraction of sp³-hybridized carbons (Fsp3) is 0.615. The van der Waals surface area contributed by atoms with Crippen LogP contribution in [0.25, 0.3) is 0 Å². The normalized spacial score (nSPS) is 23.7. The number of carbonyl (C=O) groups is 1. The molecule has 4 rings (SSSR count). The maximum atomic E-state index is 12.6. The van der Waals surface area contributed by atoms with Crippen molar-refractivity contribution < 1.29 is 4.79 Å². The molecular weight excluding hydrogens is 496 g/mol. The molecule has 4 atom stereocenters. The Kier molecular flexibility index (Phi) is 9.86. The smallest absolute Gasteiger partial charge is 0.251 e. The Labute approximate surface area is 230 Å². The van der Waals surface area contributed by atoms with Crippen molar-refractivity contribution in [1.82, 2.24) is 25.2 Å². The second-order valence-corrected chi connectivity index (χ2v) is 10.6. The third-order valence-electron chi connectivity index (χ3n) is 7.22. The third-order valence-corrected chi connectivity index (χ3v) is 7.22. The predicted octanol–water partition coefficient (Wildman–Crippen LogP) is -0.584. The van der Waals surface area contributed by atoms with Gasteiger partial charge in [-0.25, -0.2) is 0 Å². The number of nitrogens with two attached hydrogens (primary N) is 4. The maximum Gasteiger partial charge on any atom is 0.251 e. The quantitative estimate of drug-likeness (QED) is 0.225. The Morgan fingerprint density at radius 1 is 0.846 bits per heavy atom. The van der Waals surface area contributed by atoms with Gasteiger partial charge in [-0.05, 0) is 50.2 Å². The first-order chi connectivity index (χ1) is 18.7. The summed E-state index contributed by atoms with van der Waals surface area (Å²) in [6, 6.07) is 6.98. The van der Waals surface area contributed by atoms with E-state index in [-0.39, 0.29) is 30.1 Å². The predicted molar refractivity (Wildman–Crippen MR) is 155 cm³/mol. The van der Waals surface area contributed by atoms with Gasteiger partial charge in [-0.15, -0.1) is 0 Å². The number of anilines is 4. The Hall–Kier alpha value is -3.10. The number of amides is 1. The van der Waals surface area contributed by atoms with Crippen LogP contribution >= 0.6 is 0 Å². The second kappa shape index (κ2) is 13.3. The minimum absolute atomic E-state index is 0.0621. The second-order valence-electron chi connectivity index (χ2n) is 10.6. The van der Waals surface area contributed by atoms with Gasteiger partial charge in [0.25, 0.3) is 5.91 Å². The largest absolute Gasteiger partial charge is 0.351 e. The molecule has 13 heteroatoms. The molecule has 1 aromatic carbocycles. The van der Waals surface area contributed by atoms with Crippen molar-refractivity contribution in [3.8, 4) is 0 Å². The van der Waals surface area contributed by atoms with Gasteiger partial charge >= 0.3 is 0 Å². The molecule has 39 heavy (non-hydrogen) atoms. The van der Waals surface area contributed by atoms with Crippen molar-refractivity contribution in [1.29, 1.82) is 0 Å². The molecule has 0 radical (unpaired) electrons. The zero-order valence-electron chi connectivity index (χ0n) is 23.1. The van der Waals surface area contributed by atoms with Crippen molar-refractivity contribution >= 4 is 29.4 Å².